The van der Waals surface area contributed by atoms with E-state index < -0.39 is 40.4 Å². The SMILES string of the molecule is CC(C)OC(=O)[C@H](C)N[P@](=O)(OCC1=C[C@@H](O[Si](C)(C)C(C)(C)C)[C@H](n2cnc3c(=O)[nH]cnc32)O1)Oc1ccccc1. The summed E-state index contributed by atoms with van der Waals surface area (Å²) in [5, 5.41) is 2.57. The van der Waals surface area contributed by atoms with Crippen LogP contribution in [0, 0.1) is 0 Å². The summed E-state index contributed by atoms with van der Waals surface area (Å²) >= 11 is 0. The number of nitrogens with zero attached hydrogens (tertiary/aromatic N) is 3. The van der Waals surface area contributed by atoms with Crippen LogP contribution in [-0.2, 0) is 27.8 Å². The van der Waals surface area contributed by atoms with Crippen LogP contribution in [-0.4, -0.2) is 58.7 Å². The summed E-state index contributed by atoms with van der Waals surface area (Å²) in [5.41, 5.74) is 0.106. The Morgan fingerprint density at radius 2 is 1.88 bits per heavy atom. The third-order valence-electron chi connectivity index (χ3n) is 7.18. The van der Waals surface area contributed by atoms with Crippen LogP contribution in [0.5, 0.6) is 5.75 Å². The second-order valence-corrected chi connectivity index (χ2v) is 18.5. The van der Waals surface area contributed by atoms with Gasteiger partial charge in [0.05, 0.1) is 12.4 Å². The van der Waals surface area contributed by atoms with Gasteiger partial charge in [-0.2, -0.15) is 5.09 Å². The van der Waals surface area contributed by atoms with Crippen LogP contribution >= 0.6 is 7.75 Å². The van der Waals surface area contributed by atoms with E-state index in [9.17, 15) is 14.2 Å². The Bertz CT molecular complexity index is 1570. The van der Waals surface area contributed by atoms with Crippen LogP contribution in [0.15, 0.2) is 59.6 Å². The number of para-hydroxylation sites is 1. The van der Waals surface area contributed by atoms with Crippen LogP contribution in [0.1, 0.15) is 47.8 Å². The van der Waals surface area contributed by atoms with Gasteiger partial charge < -0.3 is 23.4 Å². The van der Waals surface area contributed by atoms with Gasteiger partial charge in [0.15, 0.2) is 19.5 Å². The molecule has 0 saturated heterocycles. The molecule has 0 radical (unpaired) electrons. The molecule has 0 aliphatic carbocycles. The average molecular weight is 634 g/mol. The molecule has 2 aromatic heterocycles. The zero-order valence-electron chi connectivity index (χ0n) is 25.7. The molecule has 3 heterocycles. The van der Waals surface area contributed by atoms with Crippen molar-refractivity contribution in [2.24, 2.45) is 0 Å². The van der Waals surface area contributed by atoms with E-state index in [-0.39, 0.29) is 34.6 Å². The standard InChI is InChI=1S/C28H40N5O8PSi/c1-18(2)38-27(35)19(3)32-42(36,40-20-12-10-9-11-13-20)37-15-21-14-22(41-43(7,8)28(4,5)6)26(39-21)33-17-31-23-24(33)29-16-30-25(23)34/h9-14,16-19,22,26H,15H2,1-8H3,(H,32,36)(H,29,30,34)/t19-,22+,26+,42-/m0/s1. The van der Waals surface area contributed by atoms with Crippen LogP contribution in [0.4, 0.5) is 0 Å². The minimum atomic E-state index is -4.14. The lowest BCUT2D eigenvalue weighted by atomic mass is 10.2. The number of carbonyl (C=O) groups is 1. The summed E-state index contributed by atoms with van der Waals surface area (Å²) in [6.45, 7) is 15.3. The molecule has 15 heteroatoms. The highest BCUT2D eigenvalue weighted by atomic mass is 31.2. The van der Waals surface area contributed by atoms with E-state index in [4.69, 9.17) is 22.9 Å². The third-order valence-corrected chi connectivity index (χ3v) is 13.3. The molecule has 234 valence electrons. The Morgan fingerprint density at radius 3 is 2.53 bits per heavy atom. The molecule has 43 heavy (non-hydrogen) atoms. The Balaban J connectivity index is 1.61. The minimum absolute atomic E-state index is 0.110. The fourth-order valence-corrected chi connectivity index (χ4v) is 6.64. The van der Waals surface area contributed by atoms with Gasteiger partial charge in [-0.1, -0.05) is 39.0 Å². The number of aromatic nitrogens is 4. The number of benzene rings is 1. The monoisotopic (exact) mass is 633 g/mol. The highest BCUT2D eigenvalue weighted by Gasteiger charge is 2.44. The molecule has 0 saturated carbocycles. The molecule has 0 spiro atoms. The first-order valence-electron chi connectivity index (χ1n) is 14.0. The Kier molecular flexibility index (Phi) is 9.67. The number of esters is 1. The predicted octanol–water partition coefficient (Wildman–Crippen LogP) is 5.06. The zero-order valence-corrected chi connectivity index (χ0v) is 27.6. The third kappa shape index (κ3) is 7.81. The van der Waals surface area contributed by atoms with Gasteiger partial charge in [-0.3, -0.25) is 18.7 Å². The quantitative estimate of drug-likeness (QED) is 0.156. The molecule has 0 amide bonds. The van der Waals surface area contributed by atoms with E-state index in [0.29, 0.717) is 11.4 Å². The van der Waals surface area contributed by atoms with Crippen molar-refractivity contribution in [1.29, 1.82) is 0 Å². The van der Waals surface area contributed by atoms with E-state index in [1.54, 1.807) is 54.8 Å². The minimum Gasteiger partial charge on any atom is -0.469 e. The lowest BCUT2D eigenvalue weighted by Crippen LogP contribution is -2.45. The van der Waals surface area contributed by atoms with Gasteiger partial charge in [-0.15, -0.1) is 0 Å². The van der Waals surface area contributed by atoms with Crippen molar-refractivity contribution >= 4 is 33.2 Å². The fraction of sp³-hybridized carbons (Fsp3) is 0.500. The van der Waals surface area contributed by atoms with Gasteiger partial charge in [0, 0.05) is 0 Å². The number of rotatable bonds is 12. The second-order valence-electron chi connectivity index (χ2n) is 12.1. The average Bonchev–Trinajstić information content (AvgIpc) is 3.51. The molecule has 1 aromatic carbocycles. The first-order chi connectivity index (χ1) is 20.1. The molecule has 4 rings (SSSR count). The van der Waals surface area contributed by atoms with Gasteiger partial charge in [-0.05, 0) is 57.1 Å². The van der Waals surface area contributed by atoms with Crippen molar-refractivity contribution in [2.45, 2.75) is 84.2 Å². The van der Waals surface area contributed by atoms with E-state index in [0.717, 1.165) is 0 Å². The number of hydrogen-bond donors (Lipinski definition) is 2. The number of ether oxygens (including phenoxy) is 2. The topological polar surface area (TPSA) is 156 Å². The number of nitrogens with one attached hydrogen (secondary N) is 2. The number of H-pyrrole nitrogens is 1. The summed E-state index contributed by atoms with van der Waals surface area (Å²) in [6, 6.07) is 7.48. The maximum Gasteiger partial charge on any atom is 0.459 e. The molecule has 4 atom stereocenters. The van der Waals surface area contributed by atoms with Gasteiger partial charge >= 0.3 is 13.7 Å². The van der Waals surface area contributed by atoms with Gasteiger partial charge in [0.1, 0.15) is 36.6 Å². The molecular weight excluding hydrogens is 593 g/mol. The number of fused-ring (bicyclic) bond motifs is 1. The van der Waals surface area contributed by atoms with Gasteiger partial charge in [-0.25, -0.2) is 14.5 Å². The van der Waals surface area contributed by atoms with Gasteiger partial charge in [0.2, 0.25) is 6.23 Å². The molecule has 0 fully saturated rings. The number of aromatic amines is 1. The Labute approximate surface area is 251 Å². The second kappa shape index (κ2) is 12.7. The van der Waals surface area contributed by atoms with E-state index in [1.807, 2.05) is 0 Å². The van der Waals surface area contributed by atoms with Crippen molar-refractivity contribution in [2.75, 3.05) is 6.61 Å². The van der Waals surface area contributed by atoms with Crippen molar-refractivity contribution < 1.29 is 32.3 Å². The van der Waals surface area contributed by atoms with Crippen molar-refractivity contribution in [3.63, 3.8) is 0 Å². The van der Waals surface area contributed by atoms with Crippen molar-refractivity contribution in [3.05, 3.63) is 65.2 Å². The fourth-order valence-electron chi connectivity index (χ4n) is 3.97. The maximum absolute atomic E-state index is 14.0. The van der Waals surface area contributed by atoms with Crippen molar-refractivity contribution in [3.8, 4) is 5.75 Å². The Morgan fingerprint density at radius 1 is 1.19 bits per heavy atom. The highest BCUT2D eigenvalue weighted by Crippen LogP contribution is 2.47. The smallest absolute Gasteiger partial charge is 0.459 e. The molecular formula is C28H40N5O8PSi. The molecule has 1 aliphatic heterocycles. The maximum atomic E-state index is 14.0. The molecule has 13 nitrogen and oxygen atoms in total. The highest BCUT2D eigenvalue weighted by molar-refractivity contribution is 7.52. The van der Waals surface area contributed by atoms with Crippen LogP contribution < -0.4 is 15.2 Å². The summed E-state index contributed by atoms with van der Waals surface area (Å²) in [7, 11) is -6.46. The summed E-state index contributed by atoms with van der Waals surface area (Å²) in [6.07, 6.45) is 2.81. The molecule has 1 aliphatic rings. The normalized spacial score (nSPS) is 19.5. The van der Waals surface area contributed by atoms with E-state index in [1.165, 1.54) is 19.6 Å². The number of carbonyl (C=O) groups excluding carboxylic acids is 1. The largest absolute Gasteiger partial charge is 0.469 e. The zero-order chi connectivity index (χ0) is 31.6. The molecule has 0 unspecified atom stereocenters. The van der Waals surface area contributed by atoms with Crippen LogP contribution in [0.2, 0.25) is 18.1 Å². The lowest BCUT2D eigenvalue weighted by Gasteiger charge is -2.39. The molecule has 2 N–H and O–H groups in total. The first kappa shape index (κ1) is 32.6. The number of imidazole rings is 1. The Hall–Kier alpha value is -3.29. The lowest BCUT2D eigenvalue weighted by molar-refractivity contribution is -0.149. The molecule has 3 aromatic rings. The number of hydrogen-bond acceptors (Lipinski definition) is 10. The molecule has 0 bridgehead atoms. The van der Waals surface area contributed by atoms with E-state index >= 15 is 0 Å². The summed E-state index contributed by atoms with van der Waals surface area (Å²) in [5.74, 6) is -0.0111. The first-order valence-corrected chi connectivity index (χ1v) is 18.5. The van der Waals surface area contributed by atoms with Crippen LogP contribution in [0.25, 0.3) is 11.2 Å². The van der Waals surface area contributed by atoms with Crippen molar-refractivity contribution in [1.82, 2.24) is 24.6 Å². The van der Waals surface area contributed by atoms with Gasteiger partial charge in [0.25, 0.3) is 5.56 Å². The summed E-state index contributed by atoms with van der Waals surface area (Å²) in [4.78, 5) is 35.9. The summed E-state index contributed by atoms with van der Waals surface area (Å²) < 4.78 is 45.4. The van der Waals surface area contributed by atoms with Crippen LogP contribution in [0.3, 0.4) is 0 Å². The van der Waals surface area contributed by atoms with E-state index in [2.05, 4.69) is 53.9 Å². The predicted molar refractivity (Wildman–Crippen MR) is 163 cm³/mol.